The van der Waals surface area contributed by atoms with E-state index in [1.54, 1.807) is 7.11 Å². The molecule has 5 aliphatic rings. The average molecular weight is 637 g/mol. The number of benzene rings is 1. The Bertz CT molecular complexity index is 1280. The number of methoxy groups -OCH3 is 2. The fourth-order valence-corrected chi connectivity index (χ4v) is 10.0. The Balaban J connectivity index is 1.36. The third-order valence-corrected chi connectivity index (χ3v) is 12.2. The van der Waals surface area contributed by atoms with Crippen molar-refractivity contribution in [2.45, 2.75) is 102 Å². The van der Waals surface area contributed by atoms with Gasteiger partial charge in [0.25, 0.3) is 0 Å². The second-order valence-corrected chi connectivity index (χ2v) is 14.6. The topological polar surface area (TPSA) is 108 Å². The molecule has 1 N–H and O–H groups in total. The molecule has 8 heteroatoms. The van der Waals surface area contributed by atoms with Gasteiger partial charge in [-0.2, -0.15) is 0 Å². The molecule has 0 bridgehead atoms. The van der Waals surface area contributed by atoms with Crippen LogP contribution < -0.4 is 0 Å². The van der Waals surface area contributed by atoms with Crippen LogP contribution in [0.1, 0.15) is 83.1 Å². The van der Waals surface area contributed by atoms with Crippen molar-refractivity contribution in [3.63, 3.8) is 0 Å². The standard InChI is InChI=1S/C38H52O8/c1-5-23-14-10-9-11-21(2)36(40)31-18-28-26-15-24(46-38(42)32(44-4)20-43-3)16-27(26)29-17-25(22-12-7-6-8-13-22)37(41)35(29)34(28)30(31)19-33(39)45-23/h6-8,12-13,18,21,23-30,32,34-35,38,42H,5,9-11,14-17,19-20H2,1-4H3/t21-,23+,24+,25?,26-,27?,28+,29?,30-,32+,34-,35?,38?/m1/s1. The van der Waals surface area contributed by atoms with Crippen LogP contribution in [-0.2, 0) is 33.3 Å². The number of fused-ring (bicyclic) bond motifs is 8. The van der Waals surface area contributed by atoms with Gasteiger partial charge < -0.3 is 24.1 Å². The van der Waals surface area contributed by atoms with Crippen molar-refractivity contribution in [3.05, 3.63) is 47.5 Å². The summed E-state index contributed by atoms with van der Waals surface area (Å²) in [7, 11) is 3.10. The molecule has 4 fully saturated rings. The summed E-state index contributed by atoms with van der Waals surface area (Å²) in [6, 6.07) is 10.1. The van der Waals surface area contributed by atoms with Gasteiger partial charge in [-0.1, -0.05) is 56.7 Å². The number of esters is 1. The monoisotopic (exact) mass is 636 g/mol. The smallest absolute Gasteiger partial charge is 0.306 e. The van der Waals surface area contributed by atoms with Crippen LogP contribution in [-0.4, -0.2) is 68.1 Å². The Morgan fingerprint density at radius 2 is 1.72 bits per heavy atom. The molecule has 5 unspecified atom stereocenters. The molecule has 1 aromatic carbocycles. The van der Waals surface area contributed by atoms with Crippen molar-refractivity contribution in [2.75, 3.05) is 20.8 Å². The number of ether oxygens (including phenoxy) is 4. The maximum absolute atomic E-state index is 14.6. The van der Waals surface area contributed by atoms with Gasteiger partial charge in [-0.25, -0.2) is 0 Å². The molecule has 1 aromatic rings. The van der Waals surface area contributed by atoms with Gasteiger partial charge in [0.1, 0.15) is 18.0 Å². The van der Waals surface area contributed by atoms with Gasteiger partial charge in [0.05, 0.1) is 19.1 Å². The lowest BCUT2D eigenvalue weighted by Crippen LogP contribution is -2.45. The molecule has 1 heterocycles. The van der Waals surface area contributed by atoms with Crippen molar-refractivity contribution < 1.29 is 38.4 Å². The zero-order chi connectivity index (χ0) is 32.5. The molecule has 0 radical (unpaired) electrons. The second-order valence-electron chi connectivity index (χ2n) is 14.6. The van der Waals surface area contributed by atoms with E-state index in [0.717, 1.165) is 62.5 Å². The van der Waals surface area contributed by atoms with E-state index in [0.29, 0.717) is 0 Å². The molecule has 0 spiro atoms. The van der Waals surface area contributed by atoms with Gasteiger partial charge in [-0.05, 0) is 85.7 Å². The number of carbonyl (C=O) groups is 3. The van der Waals surface area contributed by atoms with Crippen LogP contribution in [0.2, 0.25) is 0 Å². The molecule has 6 rings (SSSR count). The Labute approximate surface area is 273 Å². The molecule has 0 aromatic heterocycles. The Morgan fingerprint density at radius 1 is 0.978 bits per heavy atom. The summed E-state index contributed by atoms with van der Waals surface area (Å²) in [6.45, 7) is 4.29. The number of carbonyl (C=O) groups excluding carboxylic acids is 3. The van der Waals surface area contributed by atoms with Crippen LogP contribution >= 0.6 is 0 Å². The van der Waals surface area contributed by atoms with E-state index in [4.69, 9.17) is 18.9 Å². The number of aliphatic hydroxyl groups excluding tert-OH is 1. The minimum atomic E-state index is -1.13. The quantitative estimate of drug-likeness (QED) is 0.288. The van der Waals surface area contributed by atoms with Crippen LogP contribution in [0, 0.1) is 47.3 Å². The first-order chi connectivity index (χ1) is 22.2. The molecule has 1 aliphatic heterocycles. The highest BCUT2D eigenvalue weighted by atomic mass is 16.6. The number of Topliss-reactive ketones (excluding diaryl/α,β-unsaturated/α-hetero) is 2. The van der Waals surface area contributed by atoms with E-state index in [9.17, 15) is 19.5 Å². The molecule has 0 amide bonds. The molecule has 3 saturated carbocycles. The Hall–Kier alpha value is -2.39. The predicted octanol–water partition coefficient (Wildman–Crippen LogP) is 5.66. The lowest BCUT2D eigenvalue weighted by molar-refractivity contribution is -0.204. The lowest BCUT2D eigenvalue weighted by Gasteiger charge is -2.46. The number of hydrogen-bond acceptors (Lipinski definition) is 8. The number of allylic oxidation sites excluding steroid dienone is 2. The van der Waals surface area contributed by atoms with E-state index in [-0.39, 0.29) is 96.0 Å². The molecule has 252 valence electrons. The van der Waals surface area contributed by atoms with Gasteiger partial charge in [0.15, 0.2) is 12.1 Å². The van der Waals surface area contributed by atoms with Crippen molar-refractivity contribution in [1.29, 1.82) is 0 Å². The Kier molecular flexibility index (Phi) is 10.5. The van der Waals surface area contributed by atoms with Crippen LogP contribution in [0.5, 0.6) is 0 Å². The van der Waals surface area contributed by atoms with Gasteiger partial charge in [-0.15, -0.1) is 0 Å². The number of ketones is 2. The number of aliphatic hydroxyl groups is 1. The van der Waals surface area contributed by atoms with E-state index >= 15 is 0 Å². The number of rotatable bonds is 8. The van der Waals surface area contributed by atoms with E-state index in [1.165, 1.54) is 7.11 Å². The molecule has 1 saturated heterocycles. The summed E-state index contributed by atoms with van der Waals surface area (Å²) < 4.78 is 22.9. The predicted molar refractivity (Wildman–Crippen MR) is 172 cm³/mol. The minimum absolute atomic E-state index is 0.0105. The molecular formula is C38H52O8. The molecule has 46 heavy (non-hydrogen) atoms. The van der Waals surface area contributed by atoms with Gasteiger partial charge in [0.2, 0.25) is 0 Å². The van der Waals surface area contributed by atoms with Crippen LogP contribution in [0.25, 0.3) is 0 Å². The maximum Gasteiger partial charge on any atom is 0.306 e. The van der Waals surface area contributed by atoms with Crippen molar-refractivity contribution in [2.24, 2.45) is 47.3 Å². The normalized spacial score (nSPS) is 39.2. The second kappa shape index (κ2) is 14.4. The molecular weight excluding hydrogens is 584 g/mol. The first-order valence-electron chi connectivity index (χ1n) is 17.6. The van der Waals surface area contributed by atoms with Crippen molar-refractivity contribution in [3.8, 4) is 0 Å². The minimum Gasteiger partial charge on any atom is -0.462 e. The van der Waals surface area contributed by atoms with E-state index in [1.807, 2.05) is 37.3 Å². The third kappa shape index (κ3) is 6.39. The summed E-state index contributed by atoms with van der Waals surface area (Å²) >= 11 is 0. The summed E-state index contributed by atoms with van der Waals surface area (Å²) in [5, 5.41) is 10.9. The van der Waals surface area contributed by atoms with Crippen molar-refractivity contribution in [1.82, 2.24) is 0 Å². The largest absolute Gasteiger partial charge is 0.462 e. The maximum atomic E-state index is 14.6. The van der Waals surface area contributed by atoms with E-state index < -0.39 is 12.4 Å². The van der Waals surface area contributed by atoms with Crippen LogP contribution in [0.4, 0.5) is 0 Å². The third-order valence-electron chi connectivity index (χ3n) is 12.2. The highest BCUT2D eigenvalue weighted by Crippen LogP contribution is 2.65. The summed E-state index contributed by atoms with van der Waals surface area (Å²) in [4.78, 5) is 42.3. The number of hydrogen-bond donors (Lipinski definition) is 1. The SMILES string of the molecule is CC[C@H]1CCCC[C@@H](C)C(=O)C2=C[C@@H]3[C@@H](C4C(=O)C(c5ccccc5)CC4C4C[C@@H](OC(O)[C@H](COC)OC)C[C@H]43)[C@@H]2CC(=O)O1. The van der Waals surface area contributed by atoms with Crippen LogP contribution in [0.15, 0.2) is 42.0 Å². The molecule has 13 atom stereocenters. The Morgan fingerprint density at radius 3 is 2.43 bits per heavy atom. The summed E-state index contributed by atoms with van der Waals surface area (Å²) in [5.74, 6) is -0.416. The highest BCUT2D eigenvalue weighted by molar-refractivity contribution is 5.99. The highest BCUT2D eigenvalue weighted by Gasteiger charge is 2.63. The fraction of sp³-hybridized carbons (Fsp3) is 0.711. The first-order valence-corrected chi connectivity index (χ1v) is 17.6. The van der Waals surface area contributed by atoms with Gasteiger partial charge in [-0.3, -0.25) is 14.4 Å². The average Bonchev–Trinajstić information content (AvgIpc) is 3.74. The summed E-state index contributed by atoms with van der Waals surface area (Å²) in [5.41, 5.74) is 1.78. The van der Waals surface area contributed by atoms with Gasteiger partial charge >= 0.3 is 5.97 Å². The van der Waals surface area contributed by atoms with Crippen molar-refractivity contribution >= 4 is 17.5 Å². The van der Waals surface area contributed by atoms with Crippen LogP contribution in [0.3, 0.4) is 0 Å². The molecule has 8 nitrogen and oxygen atoms in total. The zero-order valence-electron chi connectivity index (χ0n) is 27.8. The molecule has 4 aliphatic carbocycles. The lowest BCUT2D eigenvalue weighted by atomic mass is 9.57. The summed E-state index contributed by atoms with van der Waals surface area (Å²) in [6.07, 6.45) is 6.71. The van der Waals surface area contributed by atoms with E-state index in [2.05, 4.69) is 13.0 Å². The zero-order valence-corrected chi connectivity index (χ0v) is 27.8. The fourth-order valence-electron chi connectivity index (χ4n) is 10.0. The first kappa shape index (κ1) is 33.5. The van der Waals surface area contributed by atoms with Gasteiger partial charge in [0, 0.05) is 37.9 Å². The number of cyclic esters (lactones) is 1.